The van der Waals surface area contributed by atoms with Crippen LogP contribution in [0.1, 0.15) is 12.8 Å². The predicted molar refractivity (Wildman–Crippen MR) is 71.4 cm³/mol. The fraction of sp³-hybridized carbons (Fsp3) is 0.286. The fourth-order valence-electron chi connectivity index (χ4n) is 1.58. The van der Waals surface area contributed by atoms with Crippen molar-refractivity contribution >= 4 is 0 Å². The number of nitrogens with zero attached hydrogens (tertiary/aromatic N) is 2. The standard InChI is InChI=1S/C14H15N3O2/c1-3-8-15-10-13-16-14(17-19-13)11-6-5-7-12(9-11)18-4-2/h1,5-7,9,15H,4,8,10H2,2H3. The van der Waals surface area contributed by atoms with Crippen LogP contribution in [0.2, 0.25) is 0 Å². The van der Waals surface area contributed by atoms with E-state index in [0.717, 1.165) is 11.3 Å². The van der Waals surface area contributed by atoms with Crippen LogP contribution in [-0.2, 0) is 6.54 Å². The molecule has 1 heterocycles. The van der Waals surface area contributed by atoms with Gasteiger partial charge in [0.15, 0.2) is 0 Å². The zero-order valence-electron chi connectivity index (χ0n) is 10.7. The van der Waals surface area contributed by atoms with E-state index in [-0.39, 0.29) is 0 Å². The van der Waals surface area contributed by atoms with E-state index in [1.54, 1.807) is 0 Å². The second kappa shape index (κ2) is 6.57. The molecule has 0 spiro atoms. The first-order valence-electron chi connectivity index (χ1n) is 6.03. The third kappa shape index (κ3) is 3.57. The maximum absolute atomic E-state index is 5.43. The zero-order valence-corrected chi connectivity index (χ0v) is 10.7. The summed E-state index contributed by atoms with van der Waals surface area (Å²) in [5.74, 6) is 4.32. The molecule has 0 unspecified atom stereocenters. The molecule has 0 amide bonds. The number of nitrogens with one attached hydrogen (secondary N) is 1. The quantitative estimate of drug-likeness (QED) is 0.632. The number of benzene rings is 1. The van der Waals surface area contributed by atoms with Crippen LogP contribution in [0, 0.1) is 12.3 Å². The Labute approximate surface area is 112 Å². The molecule has 0 fully saturated rings. The topological polar surface area (TPSA) is 60.2 Å². The number of rotatable bonds is 6. The molecule has 5 heteroatoms. The normalized spacial score (nSPS) is 10.1. The van der Waals surface area contributed by atoms with Gasteiger partial charge < -0.3 is 9.26 Å². The predicted octanol–water partition coefficient (Wildman–Crippen LogP) is 1.86. The highest BCUT2D eigenvalue weighted by atomic mass is 16.5. The third-order valence-electron chi connectivity index (χ3n) is 2.37. The smallest absolute Gasteiger partial charge is 0.240 e. The van der Waals surface area contributed by atoms with Crippen LogP contribution in [0.25, 0.3) is 11.4 Å². The van der Waals surface area contributed by atoms with E-state index in [2.05, 4.69) is 21.4 Å². The molecule has 1 N–H and O–H groups in total. The summed E-state index contributed by atoms with van der Waals surface area (Å²) in [6, 6.07) is 7.58. The van der Waals surface area contributed by atoms with Gasteiger partial charge in [-0.2, -0.15) is 4.98 Å². The summed E-state index contributed by atoms with van der Waals surface area (Å²) in [5.41, 5.74) is 0.859. The lowest BCUT2D eigenvalue weighted by Gasteiger charge is -2.02. The van der Waals surface area contributed by atoms with E-state index in [1.807, 2.05) is 31.2 Å². The van der Waals surface area contributed by atoms with E-state index in [0.29, 0.717) is 31.4 Å². The summed E-state index contributed by atoms with van der Waals surface area (Å²) in [5, 5.41) is 6.92. The molecule has 0 bridgehead atoms. The molecular formula is C14H15N3O2. The van der Waals surface area contributed by atoms with Crippen molar-refractivity contribution in [1.82, 2.24) is 15.5 Å². The highest BCUT2D eigenvalue weighted by molar-refractivity contribution is 5.56. The molecule has 0 aliphatic rings. The van der Waals surface area contributed by atoms with Gasteiger partial charge in [0.1, 0.15) is 5.75 Å². The number of ether oxygens (including phenoxy) is 1. The number of aromatic nitrogens is 2. The summed E-state index contributed by atoms with van der Waals surface area (Å²) in [7, 11) is 0. The summed E-state index contributed by atoms with van der Waals surface area (Å²) in [6.45, 7) is 3.49. The molecular weight excluding hydrogens is 242 g/mol. The number of terminal acetylenes is 1. The van der Waals surface area contributed by atoms with Gasteiger partial charge >= 0.3 is 0 Å². The Bertz CT molecular complexity index is 572. The molecule has 0 atom stereocenters. The Morgan fingerprint density at radius 1 is 1.47 bits per heavy atom. The minimum Gasteiger partial charge on any atom is -0.494 e. The maximum Gasteiger partial charge on any atom is 0.240 e. The van der Waals surface area contributed by atoms with E-state index < -0.39 is 0 Å². The van der Waals surface area contributed by atoms with Crippen molar-refractivity contribution in [2.45, 2.75) is 13.5 Å². The van der Waals surface area contributed by atoms with Crippen molar-refractivity contribution in [1.29, 1.82) is 0 Å². The molecule has 0 radical (unpaired) electrons. The van der Waals surface area contributed by atoms with Crippen molar-refractivity contribution in [3.05, 3.63) is 30.2 Å². The lowest BCUT2D eigenvalue weighted by molar-refractivity contribution is 0.340. The highest BCUT2D eigenvalue weighted by Gasteiger charge is 2.08. The lowest BCUT2D eigenvalue weighted by Crippen LogP contribution is -2.13. The Morgan fingerprint density at radius 3 is 3.16 bits per heavy atom. The molecule has 1 aromatic carbocycles. The fourth-order valence-corrected chi connectivity index (χ4v) is 1.58. The van der Waals surface area contributed by atoms with E-state index >= 15 is 0 Å². The molecule has 5 nitrogen and oxygen atoms in total. The first-order chi connectivity index (χ1) is 9.33. The van der Waals surface area contributed by atoms with Crippen molar-refractivity contribution in [3.63, 3.8) is 0 Å². The van der Waals surface area contributed by atoms with Gasteiger partial charge in [-0.1, -0.05) is 23.2 Å². The first kappa shape index (κ1) is 13.1. The Hall–Kier alpha value is -2.32. The van der Waals surface area contributed by atoms with Gasteiger partial charge in [-0.15, -0.1) is 6.42 Å². The second-order valence-electron chi connectivity index (χ2n) is 3.78. The zero-order chi connectivity index (χ0) is 13.5. The SMILES string of the molecule is C#CCNCc1nc(-c2cccc(OCC)c2)no1. The van der Waals surface area contributed by atoms with Crippen molar-refractivity contribution in [2.75, 3.05) is 13.2 Å². The average molecular weight is 257 g/mol. The van der Waals surface area contributed by atoms with E-state index in [4.69, 9.17) is 15.7 Å². The summed E-state index contributed by atoms with van der Waals surface area (Å²) in [6.07, 6.45) is 5.14. The largest absolute Gasteiger partial charge is 0.494 e. The van der Waals surface area contributed by atoms with Crippen LogP contribution in [0.3, 0.4) is 0 Å². The monoisotopic (exact) mass is 257 g/mol. The molecule has 0 aliphatic heterocycles. The van der Waals surface area contributed by atoms with Crippen LogP contribution < -0.4 is 10.1 Å². The molecule has 19 heavy (non-hydrogen) atoms. The molecule has 98 valence electrons. The van der Waals surface area contributed by atoms with Crippen LogP contribution in [0.15, 0.2) is 28.8 Å². The number of hydrogen-bond donors (Lipinski definition) is 1. The molecule has 1 aromatic heterocycles. The second-order valence-corrected chi connectivity index (χ2v) is 3.78. The van der Waals surface area contributed by atoms with Gasteiger partial charge in [-0.25, -0.2) is 0 Å². The lowest BCUT2D eigenvalue weighted by atomic mass is 10.2. The molecule has 0 saturated heterocycles. The van der Waals surface area contributed by atoms with Crippen molar-refractivity contribution in [2.24, 2.45) is 0 Å². The van der Waals surface area contributed by atoms with Crippen LogP contribution in [0.4, 0.5) is 0 Å². The van der Waals surface area contributed by atoms with Crippen LogP contribution in [-0.4, -0.2) is 23.3 Å². The van der Waals surface area contributed by atoms with Gasteiger partial charge in [0.05, 0.1) is 19.7 Å². The van der Waals surface area contributed by atoms with E-state index in [9.17, 15) is 0 Å². The first-order valence-corrected chi connectivity index (χ1v) is 6.03. The third-order valence-corrected chi connectivity index (χ3v) is 2.37. The van der Waals surface area contributed by atoms with Gasteiger partial charge in [0, 0.05) is 5.56 Å². The van der Waals surface area contributed by atoms with Crippen molar-refractivity contribution in [3.8, 4) is 29.5 Å². The average Bonchev–Trinajstić information content (AvgIpc) is 2.89. The Kier molecular flexibility index (Phi) is 4.54. The van der Waals surface area contributed by atoms with Gasteiger partial charge in [-0.05, 0) is 19.1 Å². The number of hydrogen-bond acceptors (Lipinski definition) is 5. The van der Waals surface area contributed by atoms with Crippen LogP contribution >= 0.6 is 0 Å². The molecule has 2 rings (SSSR count). The maximum atomic E-state index is 5.43. The summed E-state index contributed by atoms with van der Waals surface area (Å²) in [4.78, 5) is 4.29. The minimum atomic E-state index is 0.461. The molecule has 2 aromatic rings. The Morgan fingerprint density at radius 2 is 2.37 bits per heavy atom. The summed E-state index contributed by atoms with van der Waals surface area (Å²) >= 11 is 0. The Balaban J connectivity index is 2.09. The molecule has 0 saturated carbocycles. The molecule has 0 aliphatic carbocycles. The minimum absolute atomic E-state index is 0.461. The highest BCUT2D eigenvalue weighted by Crippen LogP contribution is 2.21. The van der Waals surface area contributed by atoms with Gasteiger partial charge in [0.25, 0.3) is 0 Å². The van der Waals surface area contributed by atoms with E-state index in [1.165, 1.54) is 0 Å². The van der Waals surface area contributed by atoms with Crippen molar-refractivity contribution < 1.29 is 9.26 Å². The van der Waals surface area contributed by atoms with Gasteiger partial charge in [0.2, 0.25) is 11.7 Å². The summed E-state index contributed by atoms with van der Waals surface area (Å²) < 4.78 is 10.6. The van der Waals surface area contributed by atoms with Crippen LogP contribution in [0.5, 0.6) is 5.75 Å². The van der Waals surface area contributed by atoms with Gasteiger partial charge in [-0.3, -0.25) is 5.32 Å².